The molecule has 1 aromatic rings. The number of amides is 2. The van der Waals surface area contributed by atoms with E-state index in [0.717, 1.165) is 5.56 Å². The van der Waals surface area contributed by atoms with Gasteiger partial charge in [0.25, 0.3) is 0 Å². The third kappa shape index (κ3) is 8.90. The van der Waals surface area contributed by atoms with Gasteiger partial charge in [0, 0.05) is 38.6 Å². The molecule has 0 aromatic heterocycles. The average Bonchev–Trinajstić information content (AvgIpc) is 3.25. The molecule has 3 rings (SSSR count). The second-order valence-corrected chi connectivity index (χ2v) is 9.32. The highest BCUT2D eigenvalue weighted by Gasteiger charge is 2.39. The number of nitrogens with one attached hydrogen (secondary N) is 2. The zero-order valence-corrected chi connectivity index (χ0v) is 21.4. The number of morpholine rings is 1. The predicted octanol–water partition coefficient (Wildman–Crippen LogP) is 0.856. The van der Waals surface area contributed by atoms with Gasteiger partial charge in [-0.1, -0.05) is 12.1 Å². The van der Waals surface area contributed by atoms with Crippen molar-refractivity contribution in [2.45, 2.75) is 44.2 Å². The second kappa shape index (κ2) is 13.8. The van der Waals surface area contributed by atoms with Crippen LogP contribution < -0.4 is 15.4 Å². The van der Waals surface area contributed by atoms with E-state index in [1.807, 2.05) is 38.1 Å². The van der Waals surface area contributed by atoms with Gasteiger partial charge in [0.2, 0.25) is 0 Å². The largest absolute Gasteiger partial charge is 0.491 e. The van der Waals surface area contributed by atoms with Gasteiger partial charge in [-0.15, -0.1) is 0 Å². The summed E-state index contributed by atoms with van der Waals surface area (Å²) in [7, 11) is 1.37. The average molecular weight is 510 g/mol. The van der Waals surface area contributed by atoms with Crippen LogP contribution in [0.5, 0.6) is 5.75 Å². The first-order chi connectivity index (χ1) is 17.3. The highest BCUT2D eigenvalue weighted by atomic mass is 16.7. The van der Waals surface area contributed by atoms with Crippen LogP contribution in [0.2, 0.25) is 0 Å². The van der Waals surface area contributed by atoms with E-state index in [2.05, 4.69) is 10.6 Å². The Kier molecular flexibility index (Phi) is 10.7. The molecule has 36 heavy (non-hydrogen) atoms. The van der Waals surface area contributed by atoms with Gasteiger partial charge in [0.05, 0.1) is 39.5 Å². The van der Waals surface area contributed by atoms with Crippen molar-refractivity contribution in [3.8, 4) is 5.75 Å². The minimum absolute atomic E-state index is 0.100. The highest BCUT2D eigenvalue weighted by Crippen LogP contribution is 2.35. The Hall–Kier alpha value is -2.44. The van der Waals surface area contributed by atoms with Crippen molar-refractivity contribution >= 4 is 12.0 Å². The lowest BCUT2D eigenvalue weighted by Gasteiger charge is -2.27. The Balaban J connectivity index is 1.38. The lowest BCUT2D eigenvalue weighted by atomic mass is 9.90. The molecule has 11 nitrogen and oxygen atoms in total. The van der Waals surface area contributed by atoms with Crippen LogP contribution in [0.1, 0.15) is 31.7 Å². The van der Waals surface area contributed by atoms with Crippen molar-refractivity contribution in [3.05, 3.63) is 29.8 Å². The molecule has 2 amide bonds. The van der Waals surface area contributed by atoms with Gasteiger partial charge in [-0.25, -0.2) is 4.79 Å². The zero-order valence-electron chi connectivity index (χ0n) is 21.4. The molecule has 202 valence electrons. The van der Waals surface area contributed by atoms with Gasteiger partial charge in [-0.3, -0.25) is 4.79 Å². The molecule has 2 aliphatic heterocycles. The lowest BCUT2D eigenvalue weighted by molar-refractivity contribution is -0.148. The smallest absolute Gasteiger partial charge is 0.317 e. The van der Waals surface area contributed by atoms with E-state index in [0.29, 0.717) is 58.3 Å². The van der Waals surface area contributed by atoms with E-state index >= 15 is 0 Å². The quantitative estimate of drug-likeness (QED) is 0.278. The molecule has 0 spiro atoms. The number of aliphatic hydroxyl groups excluding tert-OH is 1. The number of nitrogens with zero attached hydrogens (tertiary/aromatic N) is 1. The first-order valence-electron chi connectivity index (χ1n) is 12.4. The maximum Gasteiger partial charge on any atom is 0.317 e. The SMILES string of the molecule is COC(=O)C[C@H](c1ccc(OC[C@@H](O)CNCCNC(=O)N2CCOCC2)cc1)[C@H]1COC(C)(C)O1. The van der Waals surface area contributed by atoms with Crippen LogP contribution in [0.15, 0.2) is 24.3 Å². The minimum Gasteiger partial charge on any atom is -0.491 e. The maximum absolute atomic E-state index is 12.0. The Morgan fingerprint density at radius 2 is 1.92 bits per heavy atom. The summed E-state index contributed by atoms with van der Waals surface area (Å²) >= 11 is 0. The maximum atomic E-state index is 12.0. The molecule has 2 saturated heterocycles. The summed E-state index contributed by atoms with van der Waals surface area (Å²) in [5, 5.41) is 16.2. The zero-order chi connectivity index (χ0) is 26.0. The first-order valence-corrected chi connectivity index (χ1v) is 12.4. The van der Waals surface area contributed by atoms with Crippen molar-refractivity contribution in [2.24, 2.45) is 0 Å². The number of methoxy groups -OCH3 is 1. The van der Waals surface area contributed by atoms with Crippen molar-refractivity contribution in [2.75, 3.05) is 66.3 Å². The number of urea groups is 1. The van der Waals surface area contributed by atoms with E-state index < -0.39 is 11.9 Å². The Bertz CT molecular complexity index is 829. The predicted molar refractivity (Wildman–Crippen MR) is 131 cm³/mol. The summed E-state index contributed by atoms with van der Waals surface area (Å²) in [6.45, 7) is 7.87. The minimum atomic E-state index is -0.710. The Morgan fingerprint density at radius 1 is 1.19 bits per heavy atom. The van der Waals surface area contributed by atoms with E-state index in [4.69, 9.17) is 23.7 Å². The monoisotopic (exact) mass is 509 g/mol. The Labute approximate surface area is 212 Å². The van der Waals surface area contributed by atoms with Crippen molar-refractivity contribution < 1.29 is 38.4 Å². The summed E-state index contributed by atoms with van der Waals surface area (Å²) in [5.74, 6) is -0.617. The standard InChI is InChI=1S/C25H39N3O8/c1-25(2)35-17-22(36-25)21(14-23(30)32-3)18-4-6-20(7-5-18)34-16-19(29)15-26-8-9-27-24(31)28-10-12-33-13-11-28/h4-7,19,21-22,26,29H,8-17H2,1-3H3,(H,27,31)/t19-,21+,22+/m0/s1. The van der Waals surface area contributed by atoms with Crippen LogP contribution in [-0.4, -0.2) is 106 Å². The third-order valence-corrected chi connectivity index (χ3v) is 6.10. The van der Waals surface area contributed by atoms with Gasteiger partial charge < -0.3 is 44.3 Å². The molecule has 11 heteroatoms. The third-order valence-electron chi connectivity index (χ3n) is 6.10. The molecule has 0 unspecified atom stereocenters. The lowest BCUT2D eigenvalue weighted by Crippen LogP contribution is -2.47. The van der Waals surface area contributed by atoms with Crippen molar-refractivity contribution in [3.63, 3.8) is 0 Å². The molecule has 0 radical (unpaired) electrons. The van der Waals surface area contributed by atoms with Gasteiger partial charge in [-0.2, -0.15) is 0 Å². The fraction of sp³-hybridized carbons (Fsp3) is 0.680. The second-order valence-electron chi connectivity index (χ2n) is 9.32. The topological polar surface area (TPSA) is 128 Å². The number of carbonyl (C=O) groups is 2. The number of ether oxygens (including phenoxy) is 5. The molecule has 2 fully saturated rings. The van der Waals surface area contributed by atoms with Gasteiger partial charge >= 0.3 is 12.0 Å². The molecule has 3 atom stereocenters. The van der Waals surface area contributed by atoms with Crippen LogP contribution in [0.25, 0.3) is 0 Å². The summed E-state index contributed by atoms with van der Waals surface area (Å²) in [6.07, 6.45) is -0.798. The first kappa shape index (κ1) is 28.1. The van der Waals surface area contributed by atoms with Crippen molar-refractivity contribution in [1.29, 1.82) is 0 Å². The molecule has 0 aliphatic carbocycles. The number of hydrogen-bond acceptors (Lipinski definition) is 9. The number of aliphatic hydroxyl groups is 1. The summed E-state index contributed by atoms with van der Waals surface area (Å²) < 4.78 is 27.5. The summed E-state index contributed by atoms with van der Waals surface area (Å²) in [6, 6.07) is 7.29. The van der Waals surface area contributed by atoms with Crippen LogP contribution in [0.3, 0.4) is 0 Å². The van der Waals surface area contributed by atoms with Crippen LogP contribution in [0.4, 0.5) is 4.79 Å². The van der Waals surface area contributed by atoms with Crippen LogP contribution in [-0.2, 0) is 23.7 Å². The summed E-state index contributed by atoms with van der Waals surface area (Å²) in [5.41, 5.74) is 0.917. The number of benzene rings is 1. The Morgan fingerprint density at radius 3 is 2.56 bits per heavy atom. The van der Waals surface area contributed by atoms with Gasteiger partial charge in [0.15, 0.2) is 5.79 Å². The molecular formula is C25H39N3O8. The molecular weight excluding hydrogens is 470 g/mol. The van der Waals surface area contributed by atoms with E-state index in [-0.39, 0.29) is 37.0 Å². The van der Waals surface area contributed by atoms with E-state index in [1.165, 1.54) is 7.11 Å². The highest BCUT2D eigenvalue weighted by molar-refractivity contribution is 5.74. The van der Waals surface area contributed by atoms with Crippen molar-refractivity contribution in [1.82, 2.24) is 15.5 Å². The summed E-state index contributed by atoms with van der Waals surface area (Å²) in [4.78, 5) is 25.7. The molecule has 2 heterocycles. The van der Waals surface area contributed by atoms with Gasteiger partial charge in [0.1, 0.15) is 18.5 Å². The van der Waals surface area contributed by atoms with E-state index in [1.54, 1.807) is 4.90 Å². The molecule has 3 N–H and O–H groups in total. The fourth-order valence-electron chi connectivity index (χ4n) is 4.11. The van der Waals surface area contributed by atoms with Crippen LogP contribution in [0, 0.1) is 0 Å². The number of rotatable bonds is 12. The number of esters is 1. The van der Waals surface area contributed by atoms with E-state index in [9.17, 15) is 14.7 Å². The molecule has 1 aromatic carbocycles. The van der Waals surface area contributed by atoms with Gasteiger partial charge in [-0.05, 0) is 31.5 Å². The normalized spacial score (nSPS) is 21.0. The number of hydrogen-bond donors (Lipinski definition) is 3. The fourth-order valence-corrected chi connectivity index (χ4v) is 4.11. The molecule has 2 aliphatic rings. The molecule has 0 saturated carbocycles. The van der Waals surface area contributed by atoms with Crippen LogP contribution >= 0.6 is 0 Å². The number of carbonyl (C=O) groups excluding carboxylic acids is 2. The molecule has 0 bridgehead atoms.